The molecule has 2 rings (SSSR count). The molecule has 0 aromatic heterocycles. The van der Waals surface area contributed by atoms with E-state index in [1.165, 1.54) is 32.1 Å². The maximum atomic E-state index is 12.3. The van der Waals surface area contributed by atoms with Crippen LogP contribution in [0.1, 0.15) is 64.2 Å². The van der Waals surface area contributed by atoms with Crippen molar-refractivity contribution in [3.05, 3.63) is 12.7 Å². The molecular formula is C17H29NO. The first-order valence-electron chi connectivity index (χ1n) is 8.08. The van der Waals surface area contributed by atoms with Crippen LogP contribution in [0.25, 0.3) is 0 Å². The Morgan fingerprint density at radius 1 is 1.21 bits per heavy atom. The molecule has 0 aromatic carbocycles. The summed E-state index contributed by atoms with van der Waals surface area (Å²) in [6.07, 6.45) is 13.5. The van der Waals surface area contributed by atoms with Crippen LogP contribution >= 0.6 is 0 Å². The van der Waals surface area contributed by atoms with E-state index >= 15 is 0 Å². The Morgan fingerprint density at radius 2 is 1.89 bits per heavy atom. The van der Waals surface area contributed by atoms with E-state index in [1.807, 2.05) is 6.08 Å². The van der Waals surface area contributed by atoms with Gasteiger partial charge in [0.1, 0.15) is 5.78 Å². The van der Waals surface area contributed by atoms with Gasteiger partial charge in [-0.05, 0) is 52.0 Å². The summed E-state index contributed by atoms with van der Waals surface area (Å²) in [5.41, 5.74) is 0. The fourth-order valence-electron chi connectivity index (χ4n) is 3.85. The topological polar surface area (TPSA) is 20.3 Å². The number of unbranched alkanes of at least 4 members (excludes halogenated alkanes) is 3. The second-order valence-corrected chi connectivity index (χ2v) is 6.43. The number of hydrogen-bond donors (Lipinski definition) is 0. The average molecular weight is 263 g/mol. The zero-order valence-electron chi connectivity index (χ0n) is 12.4. The zero-order chi connectivity index (χ0) is 13.7. The van der Waals surface area contributed by atoms with Gasteiger partial charge in [-0.3, -0.25) is 4.79 Å². The van der Waals surface area contributed by atoms with Crippen LogP contribution in [0.2, 0.25) is 0 Å². The third kappa shape index (κ3) is 3.92. The summed E-state index contributed by atoms with van der Waals surface area (Å²) in [6.45, 7) is 3.73. The fraction of sp³-hybridized carbons (Fsp3) is 0.824. The lowest BCUT2D eigenvalue weighted by atomic mass is 9.76. The van der Waals surface area contributed by atoms with E-state index in [-0.39, 0.29) is 0 Å². The van der Waals surface area contributed by atoms with Gasteiger partial charge < -0.3 is 4.90 Å². The molecule has 0 aliphatic carbocycles. The lowest BCUT2D eigenvalue weighted by molar-refractivity contribution is -0.126. The highest BCUT2D eigenvalue weighted by molar-refractivity contribution is 5.81. The molecule has 108 valence electrons. The van der Waals surface area contributed by atoms with Crippen LogP contribution in [0.5, 0.6) is 0 Å². The van der Waals surface area contributed by atoms with Crippen LogP contribution in [0.3, 0.4) is 0 Å². The summed E-state index contributed by atoms with van der Waals surface area (Å²) < 4.78 is 0. The number of Topliss-reactive ketones (excluding diaryl/α,β-unsaturated/α-hetero) is 1. The molecule has 2 heteroatoms. The van der Waals surface area contributed by atoms with E-state index in [4.69, 9.17) is 0 Å². The second-order valence-electron chi connectivity index (χ2n) is 6.43. The molecule has 0 N–H and O–H groups in total. The quantitative estimate of drug-likeness (QED) is 0.512. The number of carbonyl (C=O) groups excluding carboxylic acids is 1. The minimum atomic E-state index is 0.367. The molecule has 0 spiro atoms. The molecule has 2 aliphatic heterocycles. The summed E-state index contributed by atoms with van der Waals surface area (Å²) >= 11 is 0. The highest BCUT2D eigenvalue weighted by atomic mass is 16.1. The first-order valence-corrected chi connectivity index (χ1v) is 8.08. The molecule has 0 amide bonds. The van der Waals surface area contributed by atoms with Gasteiger partial charge >= 0.3 is 0 Å². The Bertz CT molecular complexity index is 298. The standard InChI is InChI=1S/C17H29NO/c1-3-4-5-6-7-11-17(19)14-12-15-9-8-10-16(13-14)18(15)2/h3,14-16H,1,4-13H2,2H3. The fourth-order valence-corrected chi connectivity index (χ4v) is 3.85. The first kappa shape index (κ1) is 14.8. The van der Waals surface area contributed by atoms with Gasteiger partial charge in [0, 0.05) is 24.4 Å². The van der Waals surface area contributed by atoms with E-state index < -0.39 is 0 Å². The molecule has 2 saturated heterocycles. The highest BCUT2D eigenvalue weighted by Gasteiger charge is 2.38. The Balaban J connectivity index is 1.73. The van der Waals surface area contributed by atoms with Crippen LogP contribution in [-0.2, 0) is 4.79 Å². The molecule has 2 aliphatic rings. The first-order chi connectivity index (χ1) is 9.22. The summed E-state index contributed by atoms with van der Waals surface area (Å²) in [6, 6.07) is 1.37. The van der Waals surface area contributed by atoms with Crippen molar-refractivity contribution in [2.75, 3.05) is 7.05 Å². The van der Waals surface area contributed by atoms with Crippen molar-refractivity contribution < 1.29 is 4.79 Å². The van der Waals surface area contributed by atoms with Gasteiger partial charge in [0.05, 0.1) is 0 Å². The van der Waals surface area contributed by atoms with Gasteiger partial charge in [-0.1, -0.05) is 18.9 Å². The van der Waals surface area contributed by atoms with Crippen molar-refractivity contribution in [3.8, 4) is 0 Å². The molecule has 19 heavy (non-hydrogen) atoms. The third-order valence-corrected chi connectivity index (χ3v) is 5.13. The minimum absolute atomic E-state index is 0.367. The summed E-state index contributed by atoms with van der Waals surface area (Å²) in [5, 5.41) is 0. The van der Waals surface area contributed by atoms with Crippen LogP contribution in [0.4, 0.5) is 0 Å². The van der Waals surface area contributed by atoms with Crippen molar-refractivity contribution in [2.45, 2.75) is 76.3 Å². The van der Waals surface area contributed by atoms with E-state index in [1.54, 1.807) is 0 Å². The smallest absolute Gasteiger partial charge is 0.136 e. The number of fused-ring (bicyclic) bond motifs is 2. The van der Waals surface area contributed by atoms with Gasteiger partial charge in [-0.25, -0.2) is 0 Å². The molecule has 2 unspecified atom stereocenters. The minimum Gasteiger partial charge on any atom is -0.300 e. The van der Waals surface area contributed by atoms with Gasteiger partial charge in [0.15, 0.2) is 0 Å². The zero-order valence-corrected chi connectivity index (χ0v) is 12.4. The van der Waals surface area contributed by atoms with E-state index in [2.05, 4.69) is 18.5 Å². The lowest BCUT2D eigenvalue weighted by Crippen LogP contribution is -2.51. The number of rotatable bonds is 7. The van der Waals surface area contributed by atoms with Crippen molar-refractivity contribution in [1.29, 1.82) is 0 Å². The molecular weight excluding hydrogens is 234 g/mol. The third-order valence-electron chi connectivity index (χ3n) is 5.13. The molecule has 2 heterocycles. The Kier molecular flexibility index (Phi) is 5.62. The molecule has 2 nitrogen and oxygen atoms in total. The number of nitrogens with zero attached hydrogens (tertiary/aromatic N) is 1. The monoisotopic (exact) mass is 263 g/mol. The summed E-state index contributed by atoms with van der Waals surface area (Å²) in [5.74, 6) is 0.912. The van der Waals surface area contributed by atoms with Crippen molar-refractivity contribution in [2.24, 2.45) is 5.92 Å². The number of carbonyl (C=O) groups is 1. The maximum absolute atomic E-state index is 12.3. The van der Waals surface area contributed by atoms with E-state index in [0.29, 0.717) is 23.8 Å². The Hall–Kier alpha value is -0.630. The van der Waals surface area contributed by atoms with Gasteiger partial charge in [-0.2, -0.15) is 0 Å². The van der Waals surface area contributed by atoms with Crippen LogP contribution in [0.15, 0.2) is 12.7 Å². The maximum Gasteiger partial charge on any atom is 0.136 e. The molecule has 2 atom stereocenters. The average Bonchev–Trinajstić information content (AvgIpc) is 2.38. The largest absolute Gasteiger partial charge is 0.300 e. The summed E-state index contributed by atoms with van der Waals surface area (Å²) in [4.78, 5) is 14.9. The van der Waals surface area contributed by atoms with Gasteiger partial charge in [0.2, 0.25) is 0 Å². The van der Waals surface area contributed by atoms with Crippen LogP contribution in [0, 0.1) is 5.92 Å². The normalized spacial score (nSPS) is 31.1. The predicted octanol–water partition coefficient (Wildman–Crippen LogP) is 3.95. The molecule has 0 radical (unpaired) electrons. The number of piperidine rings is 2. The van der Waals surface area contributed by atoms with Crippen molar-refractivity contribution >= 4 is 5.78 Å². The number of ketones is 1. The predicted molar refractivity (Wildman–Crippen MR) is 80.2 cm³/mol. The Morgan fingerprint density at radius 3 is 2.53 bits per heavy atom. The SMILES string of the molecule is C=CCCCCCC(=O)C1CC2CCCC(C1)N2C. The van der Waals surface area contributed by atoms with E-state index in [0.717, 1.165) is 32.1 Å². The second kappa shape index (κ2) is 7.23. The molecule has 0 saturated carbocycles. The highest BCUT2D eigenvalue weighted by Crippen LogP contribution is 2.36. The lowest BCUT2D eigenvalue weighted by Gasteiger charge is -2.46. The van der Waals surface area contributed by atoms with Crippen molar-refractivity contribution in [1.82, 2.24) is 4.90 Å². The summed E-state index contributed by atoms with van der Waals surface area (Å²) in [7, 11) is 2.25. The molecule has 2 bridgehead atoms. The van der Waals surface area contributed by atoms with Gasteiger partial charge in [-0.15, -0.1) is 6.58 Å². The van der Waals surface area contributed by atoms with Crippen LogP contribution < -0.4 is 0 Å². The van der Waals surface area contributed by atoms with Gasteiger partial charge in [0.25, 0.3) is 0 Å². The Labute approximate surface area is 118 Å². The number of allylic oxidation sites excluding steroid dienone is 1. The van der Waals surface area contributed by atoms with Crippen LogP contribution in [-0.4, -0.2) is 29.8 Å². The number of hydrogen-bond acceptors (Lipinski definition) is 2. The van der Waals surface area contributed by atoms with E-state index in [9.17, 15) is 4.79 Å². The van der Waals surface area contributed by atoms with Crippen molar-refractivity contribution in [3.63, 3.8) is 0 Å². The molecule has 0 aromatic rings. The molecule has 2 fully saturated rings.